The predicted molar refractivity (Wildman–Crippen MR) is 114 cm³/mol. The summed E-state index contributed by atoms with van der Waals surface area (Å²) in [6.07, 6.45) is 7.68. The Morgan fingerprint density at radius 2 is 1.96 bits per heavy atom. The van der Waals surface area contributed by atoms with Crippen LogP contribution in [-0.2, 0) is 25.9 Å². The Bertz CT molecular complexity index is 1130. The van der Waals surface area contributed by atoms with E-state index >= 15 is 0 Å². The largest absolute Gasteiger partial charge is 0.355 e. The highest BCUT2D eigenvalue weighted by molar-refractivity contribution is 7.19. The van der Waals surface area contributed by atoms with Crippen LogP contribution in [0.1, 0.15) is 33.8 Å². The fraction of sp³-hybridized carbons (Fsp3) is 0.318. The molecule has 0 saturated heterocycles. The molecule has 1 aliphatic rings. The molecule has 0 spiro atoms. The van der Waals surface area contributed by atoms with E-state index in [9.17, 15) is 0 Å². The van der Waals surface area contributed by atoms with Gasteiger partial charge in [0, 0.05) is 30.2 Å². The number of hydrogen-bond donors (Lipinski definition) is 0. The normalized spacial score (nSPS) is 13.2. The van der Waals surface area contributed by atoms with E-state index in [-0.39, 0.29) is 0 Å². The van der Waals surface area contributed by atoms with E-state index in [0.29, 0.717) is 0 Å². The lowest BCUT2D eigenvalue weighted by Gasteiger charge is -2.19. The van der Waals surface area contributed by atoms with Crippen molar-refractivity contribution in [3.8, 4) is 0 Å². The highest BCUT2D eigenvalue weighted by Gasteiger charge is 2.23. The van der Waals surface area contributed by atoms with Crippen LogP contribution in [0.4, 0.5) is 5.82 Å². The summed E-state index contributed by atoms with van der Waals surface area (Å²) in [6.45, 7) is 3.56. The van der Waals surface area contributed by atoms with Crippen LogP contribution in [0.5, 0.6) is 0 Å². The van der Waals surface area contributed by atoms with Gasteiger partial charge in [0.05, 0.1) is 18.1 Å². The van der Waals surface area contributed by atoms with Crippen molar-refractivity contribution >= 4 is 27.4 Å². The molecule has 142 valence electrons. The van der Waals surface area contributed by atoms with Gasteiger partial charge < -0.3 is 4.90 Å². The minimum absolute atomic E-state index is 0.783. The smallest absolute Gasteiger partial charge is 0.141 e. The first kappa shape index (κ1) is 17.4. The van der Waals surface area contributed by atoms with E-state index in [1.54, 1.807) is 0 Å². The average Bonchev–Trinajstić information content (AvgIpc) is 3.38. The minimum atomic E-state index is 0.783. The molecule has 0 bridgehead atoms. The van der Waals surface area contributed by atoms with Gasteiger partial charge in [0.2, 0.25) is 0 Å². The lowest BCUT2D eigenvalue weighted by atomic mass is 10.1. The van der Waals surface area contributed by atoms with E-state index in [2.05, 4.69) is 47.5 Å². The molecule has 1 aliphatic carbocycles. The van der Waals surface area contributed by atoms with Gasteiger partial charge >= 0.3 is 0 Å². The number of nitrogens with zero attached hydrogens (tertiary/aromatic N) is 5. The van der Waals surface area contributed by atoms with E-state index in [1.807, 2.05) is 35.2 Å². The van der Waals surface area contributed by atoms with Crippen LogP contribution in [0, 0.1) is 6.92 Å². The first-order valence-electron chi connectivity index (χ1n) is 9.72. The zero-order chi connectivity index (χ0) is 19.1. The van der Waals surface area contributed by atoms with Crippen LogP contribution >= 0.6 is 11.3 Å². The molecule has 3 heterocycles. The number of rotatable bonds is 5. The summed E-state index contributed by atoms with van der Waals surface area (Å²) in [5.74, 6) is 1.90. The quantitative estimate of drug-likeness (QED) is 0.508. The molecule has 0 amide bonds. The van der Waals surface area contributed by atoms with Crippen LogP contribution in [0.15, 0.2) is 42.7 Å². The Hall–Kier alpha value is -2.73. The summed E-state index contributed by atoms with van der Waals surface area (Å²) in [6, 6.07) is 10.4. The minimum Gasteiger partial charge on any atom is -0.355 e. The zero-order valence-corrected chi connectivity index (χ0v) is 17.0. The van der Waals surface area contributed by atoms with Gasteiger partial charge in [0.15, 0.2) is 0 Å². The van der Waals surface area contributed by atoms with Crippen molar-refractivity contribution in [2.24, 2.45) is 0 Å². The molecule has 0 unspecified atom stereocenters. The van der Waals surface area contributed by atoms with Crippen LogP contribution in [0.25, 0.3) is 10.2 Å². The molecule has 3 aromatic heterocycles. The Labute approximate surface area is 168 Å². The summed E-state index contributed by atoms with van der Waals surface area (Å²) in [5.41, 5.74) is 3.92. The standard InChI is InChI=1S/C22H23N5S/c1-15-24-21(20-18-9-6-10-19(18)28-22(20)25-15)26(2)12-17-11-23-27(14-17)13-16-7-4-3-5-8-16/h3-5,7-8,11,14H,6,9-10,12-13H2,1-2H3. The molecule has 5 nitrogen and oxygen atoms in total. The van der Waals surface area contributed by atoms with E-state index in [1.165, 1.54) is 39.8 Å². The Morgan fingerprint density at radius 1 is 1.11 bits per heavy atom. The number of fused-ring (bicyclic) bond motifs is 3. The molecule has 4 aromatic rings. The van der Waals surface area contributed by atoms with E-state index < -0.39 is 0 Å². The fourth-order valence-electron chi connectivity index (χ4n) is 4.05. The number of aryl methyl sites for hydroxylation is 3. The van der Waals surface area contributed by atoms with Gasteiger partial charge in [0.1, 0.15) is 16.5 Å². The van der Waals surface area contributed by atoms with Gasteiger partial charge in [-0.05, 0) is 37.3 Å². The Balaban J connectivity index is 1.41. The maximum Gasteiger partial charge on any atom is 0.141 e. The third-order valence-electron chi connectivity index (χ3n) is 5.31. The van der Waals surface area contributed by atoms with Crippen molar-refractivity contribution in [1.82, 2.24) is 19.7 Å². The highest BCUT2D eigenvalue weighted by Crippen LogP contribution is 2.40. The summed E-state index contributed by atoms with van der Waals surface area (Å²) in [4.78, 5) is 14.4. The van der Waals surface area contributed by atoms with Gasteiger partial charge in [-0.25, -0.2) is 9.97 Å². The predicted octanol–water partition coefficient (Wildman–Crippen LogP) is 4.37. The second-order valence-corrected chi connectivity index (χ2v) is 8.60. The molecule has 1 aromatic carbocycles. The van der Waals surface area contributed by atoms with Gasteiger partial charge in [0.25, 0.3) is 0 Å². The van der Waals surface area contributed by atoms with Crippen molar-refractivity contribution in [2.75, 3.05) is 11.9 Å². The monoisotopic (exact) mass is 389 g/mol. The second kappa shape index (κ2) is 7.02. The Kier molecular flexibility index (Phi) is 4.36. The van der Waals surface area contributed by atoms with Gasteiger partial charge in [-0.3, -0.25) is 4.68 Å². The zero-order valence-electron chi connectivity index (χ0n) is 16.2. The molecule has 6 heteroatoms. The van der Waals surface area contributed by atoms with Crippen molar-refractivity contribution in [3.05, 3.63) is 70.1 Å². The number of thiophene rings is 1. The molecular formula is C22H23N5S. The lowest BCUT2D eigenvalue weighted by Crippen LogP contribution is -2.18. The number of anilines is 1. The summed E-state index contributed by atoms with van der Waals surface area (Å²) >= 11 is 1.85. The van der Waals surface area contributed by atoms with Crippen LogP contribution in [0.3, 0.4) is 0 Å². The summed E-state index contributed by atoms with van der Waals surface area (Å²) in [7, 11) is 2.12. The van der Waals surface area contributed by atoms with Gasteiger partial charge in [-0.1, -0.05) is 30.3 Å². The molecule has 0 saturated carbocycles. The Morgan fingerprint density at radius 3 is 2.82 bits per heavy atom. The number of benzene rings is 1. The molecule has 0 fully saturated rings. The molecule has 0 aliphatic heterocycles. The molecule has 5 rings (SSSR count). The average molecular weight is 390 g/mol. The lowest BCUT2D eigenvalue weighted by molar-refractivity contribution is 0.686. The van der Waals surface area contributed by atoms with Gasteiger partial charge in [-0.2, -0.15) is 5.10 Å². The molecular weight excluding hydrogens is 366 g/mol. The maximum absolute atomic E-state index is 4.82. The second-order valence-electron chi connectivity index (χ2n) is 7.52. The van der Waals surface area contributed by atoms with Crippen molar-refractivity contribution in [2.45, 2.75) is 39.3 Å². The fourth-order valence-corrected chi connectivity index (χ4v) is 5.35. The maximum atomic E-state index is 4.82. The molecule has 0 atom stereocenters. The number of aromatic nitrogens is 4. The first-order valence-corrected chi connectivity index (χ1v) is 10.5. The molecule has 28 heavy (non-hydrogen) atoms. The number of hydrogen-bond acceptors (Lipinski definition) is 5. The topological polar surface area (TPSA) is 46.8 Å². The first-order chi connectivity index (χ1) is 13.7. The van der Waals surface area contributed by atoms with Crippen molar-refractivity contribution < 1.29 is 0 Å². The van der Waals surface area contributed by atoms with Crippen molar-refractivity contribution in [3.63, 3.8) is 0 Å². The van der Waals surface area contributed by atoms with Gasteiger partial charge in [-0.15, -0.1) is 11.3 Å². The third-order valence-corrected chi connectivity index (χ3v) is 6.50. The van der Waals surface area contributed by atoms with Crippen LogP contribution in [-0.4, -0.2) is 26.8 Å². The molecule has 0 N–H and O–H groups in total. The van der Waals surface area contributed by atoms with E-state index in [4.69, 9.17) is 9.97 Å². The van der Waals surface area contributed by atoms with E-state index in [0.717, 1.165) is 36.0 Å². The highest BCUT2D eigenvalue weighted by atomic mass is 32.1. The summed E-state index contributed by atoms with van der Waals surface area (Å²) < 4.78 is 2.00. The van der Waals surface area contributed by atoms with Crippen LogP contribution in [0.2, 0.25) is 0 Å². The molecule has 0 radical (unpaired) electrons. The van der Waals surface area contributed by atoms with Crippen LogP contribution < -0.4 is 4.90 Å². The van der Waals surface area contributed by atoms with Crippen molar-refractivity contribution in [1.29, 1.82) is 0 Å². The third kappa shape index (κ3) is 3.18. The summed E-state index contributed by atoms with van der Waals surface area (Å²) in [5, 5.41) is 5.81. The SMILES string of the molecule is Cc1nc(N(C)Cc2cnn(Cc3ccccc3)c2)c2c3c(sc2n1)CCC3.